The summed E-state index contributed by atoms with van der Waals surface area (Å²) >= 11 is 0. The summed E-state index contributed by atoms with van der Waals surface area (Å²) < 4.78 is 4.79. The van der Waals surface area contributed by atoms with Gasteiger partial charge in [0.15, 0.2) is 0 Å². The minimum atomic E-state index is -0.324. The molecule has 0 aromatic heterocycles. The van der Waals surface area contributed by atoms with E-state index in [1.54, 1.807) is 0 Å². The monoisotopic (exact) mass is 183 g/mol. The fourth-order valence-electron chi connectivity index (χ4n) is 3.00. The molecule has 0 heterocycles. The van der Waals surface area contributed by atoms with E-state index in [1.807, 2.05) is 0 Å². The van der Waals surface area contributed by atoms with Crippen LogP contribution >= 0.6 is 0 Å². The van der Waals surface area contributed by atoms with Gasteiger partial charge in [-0.2, -0.15) is 0 Å². The molecule has 3 nitrogen and oxygen atoms in total. The molecule has 2 rings (SSSR count). The Hall–Kier alpha value is -0.570. The summed E-state index contributed by atoms with van der Waals surface area (Å²) in [5, 5.41) is 0. The third-order valence-electron chi connectivity index (χ3n) is 3.85. The van der Waals surface area contributed by atoms with Crippen LogP contribution in [0.5, 0.6) is 0 Å². The van der Waals surface area contributed by atoms with Gasteiger partial charge in [-0.1, -0.05) is 6.42 Å². The van der Waals surface area contributed by atoms with Crippen LogP contribution in [0.3, 0.4) is 0 Å². The summed E-state index contributed by atoms with van der Waals surface area (Å²) in [5.74, 6) is -0.104. The summed E-state index contributed by atoms with van der Waals surface area (Å²) in [7, 11) is 1.45. The zero-order chi connectivity index (χ0) is 9.53. The molecule has 2 N–H and O–H groups in total. The van der Waals surface area contributed by atoms with Gasteiger partial charge in [-0.3, -0.25) is 4.79 Å². The molecule has 2 fully saturated rings. The molecular formula is C10H17NO2. The highest BCUT2D eigenvalue weighted by atomic mass is 16.5. The van der Waals surface area contributed by atoms with Gasteiger partial charge >= 0.3 is 5.97 Å². The topological polar surface area (TPSA) is 52.3 Å². The van der Waals surface area contributed by atoms with E-state index in [9.17, 15) is 4.79 Å². The maximum absolute atomic E-state index is 11.5. The molecule has 0 saturated heterocycles. The molecule has 2 saturated carbocycles. The van der Waals surface area contributed by atoms with Gasteiger partial charge in [0.1, 0.15) is 0 Å². The summed E-state index contributed by atoms with van der Waals surface area (Å²) in [4.78, 5) is 11.5. The zero-order valence-electron chi connectivity index (χ0n) is 8.14. The lowest BCUT2D eigenvalue weighted by atomic mass is 9.45. The Morgan fingerprint density at radius 2 is 2.08 bits per heavy atom. The van der Waals surface area contributed by atoms with Crippen molar-refractivity contribution in [2.45, 2.75) is 32.1 Å². The lowest BCUT2D eigenvalue weighted by molar-refractivity contribution is -0.176. The number of esters is 1. The van der Waals surface area contributed by atoms with Gasteiger partial charge in [-0.05, 0) is 31.1 Å². The van der Waals surface area contributed by atoms with E-state index in [2.05, 4.69) is 0 Å². The van der Waals surface area contributed by atoms with Gasteiger partial charge in [0, 0.05) is 6.54 Å². The predicted octanol–water partition coefficient (Wildman–Crippen LogP) is 1.07. The van der Waals surface area contributed by atoms with E-state index in [0.29, 0.717) is 12.0 Å². The summed E-state index contributed by atoms with van der Waals surface area (Å²) in [6, 6.07) is 0. The first kappa shape index (κ1) is 9.00. The van der Waals surface area contributed by atoms with Crippen LogP contribution in [0.15, 0.2) is 0 Å². The lowest BCUT2D eigenvalue weighted by Gasteiger charge is -2.59. The van der Waals surface area contributed by atoms with Crippen LogP contribution in [-0.4, -0.2) is 19.6 Å². The third kappa shape index (κ3) is 1.10. The van der Waals surface area contributed by atoms with Crippen molar-refractivity contribution in [3.05, 3.63) is 0 Å². The van der Waals surface area contributed by atoms with Gasteiger partial charge in [0.25, 0.3) is 0 Å². The Morgan fingerprint density at radius 3 is 2.38 bits per heavy atom. The summed E-state index contributed by atoms with van der Waals surface area (Å²) in [6.45, 7) is 0.446. The van der Waals surface area contributed by atoms with Crippen LogP contribution in [0.4, 0.5) is 0 Å². The van der Waals surface area contributed by atoms with E-state index in [-0.39, 0.29) is 11.4 Å². The number of nitrogens with two attached hydrogens (primary N) is 1. The van der Waals surface area contributed by atoms with E-state index in [1.165, 1.54) is 26.4 Å². The first-order valence-corrected chi connectivity index (χ1v) is 4.95. The zero-order valence-corrected chi connectivity index (χ0v) is 8.14. The van der Waals surface area contributed by atoms with E-state index in [0.717, 1.165) is 12.8 Å². The van der Waals surface area contributed by atoms with Crippen molar-refractivity contribution in [3.63, 3.8) is 0 Å². The van der Waals surface area contributed by atoms with Crippen LogP contribution in [-0.2, 0) is 9.53 Å². The van der Waals surface area contributed by atoms with Crippen LogP contribution < -0.4 is 5.73 Å². The summed E-state index contributed by atoms with van der Waals surface area (Å²) in [6.07, 6.45) is 5.81. The van der Waals surface area contributed by atoms with Crippen LogP contribution in [0.25, 0.3) is 0 Å². The van der Waals surface area contributed by atoms with Crippen molar-refractivity contribution < 1.29 is 9.53 Å². The quantitative estimate of drug-likeness (QED) is 0.651. The lowest BCUT2D eigenvalue weighted by Crippen LogP contribution is -2.58. The minimum Gasteiger partial charge on any atom is -0.469 e. The molecule has 0 bridgehead atoms. The van der Waals surface area contributed by atoms with E-state index < -0.39 is 0 Å². The predicted molar refractivity (Wildman–Crippen MR) is 49.0 cm³/mol. The van der Waals surface area contributed by atoms with Crippen molar-refractivity contribution in [1.29, 1.82) is 0 Å². The number of methoxy groups -OCH3 is 1. The molecule has 2 aliphatic rings. The molecule has 0 aromatic rings. The molecule has 0 unspecified atom stereocenters. The maximum Gasteiger partial charge on any atom is 0.313 e. The molecule has 2 aliphatic carbocycles. The number of carbonyl (C=O) groups is 1. The SMILES string of the molecule is COC(=O)C1(CN)CC2(CCC2)C1. The van der Waals surface area contributed by atoms with Crippen LogP contribution in [0, 0.1) is 10.8 Å². The van der Waals surface area contributed by atoms with Gasteiger partial charge in [-0.15, -0.1) is 0 Å². The molecule has 1 spiro atoms. The molecule has 0 aliphatic heterocycles. The molecule has 0 atom stereocenters. The molecule has 13 heavy (non-hydrogen) atoms. The van der Waals surface area contributed by atoms with Crippen molar-refractivity contribution >= 4 is 5.97 Å². The van der Waals surface area contributed by atoms with E-state index in [4.69, 9.17) is 10.5 Å². The van der Waals surface area contributed by atoms with Gasteiger partial charge in [0.05, 0.1) is 12.5 Å². The fraction of sp³-hybridized carbons (Fsp3) is 0.900. The maximum atomic E-state index is 11.5. The van der Waals surface area contributed by atoms with Gasteiger partial charge < -0.3 is 10.5 Å². The average molecular weight is 183 g/mol. The minimum absolute atomic E-state index is 0.104. The molecule has 0 amide bonds. The highest BCUT2D eigenvalue weighted by Crippen LogP contribution is 2.64. The second-order valence-electron chi connectivity index (χ2n) is 4.68. The molecule has 3 heteroatoms. The number of hydrogen-bond donors (Lipinski definition) is 1. The molecule has 0 radical (unpaired) electrons. The van der Waals surface area contributed by atoms with Crippen molar-refractivity contribution in [2.24, 2.45) is 16.6 Å². The van der Waals surface area contributed by atoms with Crippen molar-refractivity contribution in [2.75, 3.05) is 13.7 Å². The smallest absolute Gasteiger partial charge is 0.313 e. The molecule has 0 aromatic carbocycles. The highest BCUT2D eigenvalue weighted by molar-refractivity contribution is 5.78. The van der Waals surface area contributed by atoms with Crippen molar-refractivity contribution in [3.8, 4) is 0 Å². The number of carbonyl (C=O) groups excluding carboxylic acids is 1. The Bertz CT molecular complexity index is 225. The summed E-state index contributed by atoms with van der Waals surface area (Å²) in [5.41, 5.74) is 5.80. The Balaban J connectivity index is 2.01. The number of rotatable bonds is 2. The number of hydrogen-bond acceptors (Lipinski definition) is 3. The van der Waals surface area contributed by atoms with Gasteiger partial charge in [-0.25, -0.2) is 0 Å². The fourth-order valence-corrected chi connectivity index (χ4v) is 3.00. The second kappa shape index (κ2) is 2.71. The Labute approximate surface area is 78.6 Å². The first-order chi connectivity index (χ1) is 6.16. The molecule has 74 valence electrons. The largest absolute Gasteiger partial charge is 0.469 e. The Kier molecular flexibility index (Phi) is 1.88. The Morgan fingerprint density at radius 1 is 1.46 bits per heavy atom. The second-order valence-corrected chi connectivity index (χ2v) is 4.68. The van der Waals surface area contributed by atoms with Crippen molar-refractivity contribution in [1.82, 2.24) is 0 Å². The first-order valence-electron chi connectivity index (χ1n) is 4.95. The van der Waals surface area contributed by atoms with Crippen LogP contribution in [0.1, 0.15) is 32.1 Å². The third-order valence-corrected chi connectivity index (χ3v) is 3.85. The normalized spacial score (nSPS) is 27.5. The standard InChI is InChI=1S/C10H17NO2/c1-13-8(12)10(7-11)5-9(6-10)3-2-4-9/h2-7,11H2,1H3. The average Bonchev–Trinajstić information content (AvgIpc) is 2.00. The van der Waals surface area contributed by atoms with Gasteiger partial charge in [0.2, 0.25) is 0 Å². The highest BCUT2D eigenvalue weighted by Gasteiger charge is 2.60. The van der Waals surface area contributed by atoms with E-state index >= 15 is 0 Å². The van der Waals surface area contributed by atoms with Crippen LogP contribution in [0.2, 0.25) is 0 Å². The number of ether oxygens (including phenoxy) is 1. The molecular weight excluding hydrogens is 166 g/mol.